The third-order valence-electron chi connectivity index (χ3n) is 13.0. The summed E-state index contributed by atoms with van der Waals surface area (Å²) in [6, 6.07) is 1.48. The van der Waals surface area contributed by atoms with Gasteiger partial charge in [0.2, 0.25) is 82.7 Å². The maximum absolute atomic E-state index is 14.8. The molecule has 33 nitrogen and oxygen atoms in total. The molecule has 2 aromatic rings. The maximum atomic E-state index is 14.8. The number of hydrogen-bond acceptors (Lipinski definition) is 20. The summed E-state index contributed by atoms with van der Waals surface area (Å²) in [5.41, 5.74) is 28.1. The molecule has 2 aliphatic heterocycles. The normalized spacial score (nSPS) is 20.5. The number of phenols is 1. The van der Waals surface area contributed by atoms with Gasteiger partial charge in [-0.1, -0.05) is 64.1 Å². The number of carbonyl (C=O) groups excluding carboxylic acids is 14. The first kappa shape index (κ1) is 74.2. The molecule has 0 spiro atoms. The minimum Gasteiger partial charge on any atom is -0.508 e. The van der Waals surface area contributed by atoms with Crippen molar-refractivity contribution in [3.05, 3.63) is 65.7 Å². The van der Waals surface area contributed by atoms with Gasteiger partial charge in [0.1, 0.15) is 54.1 Å². The van der Waals surface area contributed by atoms with Crippen molar-refractivity contribution < 1.29 is 82.1 Å². The Morgan fingerprint density at radius 2 is 1.19 bits per heavy atom. The van der Waals surface area contributed by atoms with Crippen molar-refractivity contribution >= 4 is 110 Å². The van der Waals surface area contributed by atoms with E-state index in [9.17, 15) is 72.2 Å². The van der Waals surface area contributed by atoms with E-state index in [1.165, 1.54) is 24.3 Å². The predicted octanol–water partition coefficient (Wildman–Crippen LogP) is -6.89. The fourth-order valence-corrected chi connectivity index (χ4v) is 10.9. The third kappa shape index (κ3) is 28.1. The Kier molecular flexibility index (Phi) is 32.4. The Bertz CT molecular complexity index is 2840. The SMILES string of the molecule is CC(=O)O.NCCCC[C@H](NC(=O)[C@@H]1CCCN1C(=O)[C@@H]1CSSC[C@H](NC(=O)CNC(=O)CNC(=O)CN)C(=O)N[C@@H](Cc2ccc(O)cc2)C(=O)N[C@@H](Cc2ccccc2)C(=O)N[C@@H](CCC(N)=O)C(=O)N[C@@H](CC(N)=O)C(=O)N1)C(=O)NCC(N)=O. The van der Waals surface area contributed by atoms with Gasteiger partial charge in [-0.3, -0.25) is 71.9 Å². The minimum absolute atomic E-state index is 0.0517. The van der Waals surface area contributed by atoms with Crippen molar-refractivity contribution in [2.24, 2.45) is 28.7 Å². The zero-order valence-electron chi connectivity index (χ0n) is 48.7. The van der Waals surface area contributed by atoms with E-state index >= 15 is 0 Å². The number of unbranched alkanes of at least 4 members (excludes halogenated alkanes) is 1. The average molecular weight is 1290 g/mol. The number of carboxylic acids is 1. The quantitative estimate of drug-likeness (QED) is 0.0324. The molecule has 2 fully saturated rings. The number of hydrogen-bond donors (Lipinski definition) is 17. The first-order chi connectivity index (χ1) is 42.2. The summed E-state index contributed by atoms with van der Waals surface area (Å²) in [7, 11) is 1.73. The van der Waals surface area contributed by atoms with Crippen LogP contribution in [-0.2, 0) is 84.8 Å². The lowest BCUT2D eigenvalue weighted by atomic mass is 10.0. The molecule has 35 heteroatoms. The van der Waals surface area contributed by atoms with Crippen molar-refractivity contribution in [2.75, 3.05) is 50.8 Å². The molecule has 0 aliphatic carbocycles. The summed E-state index contributed by atoms with van der Waals surface area (Å²) in [5.74, 6) is -14.7. The Morgan fingerprint density at radius 3 is 1.79 bits per heavy atom. The van der Waals surface area contributed by atoms with Crippen LogP contribution < -0.4 is 81.8 Å². The van der Waals surface area contributed by atoms with Gasteiger partial charge in [-0.25, -0.2) is 0 Å². The summed E-state index contributed by atoms with van der Waals surface area (Å²) in [5, 5.41) is 42.2. The summed E-state index contributed by atoms with van der Waals surface area (Å²) >= 11 is 0. The highest BCUT2D eigenvalue weighted by Crippen LogP contribution is 2.26. The lowest BCUT2D eigenvalue weighted by Crippen LogP contribution is -2.61. The molecule has 4 rings (SSSR count). The fourth-order valence-electron chi connectivity index (χ4n) is 8.62. The number of nitrogens with one attached hydrogen (secondary N) is 10. The van der Waals surface area contributed by atoms with E-state index in [4.69, 9.17) is 38.6 Å². The summed E-state index contributed by atoms with van der Waals surface area (Å²) in [6.07, 6.45) is -1.13. The van der Waals surface area contributed by atoms with Crippen molar-refractivity contribution in [2.45, 2.75) is 119 Å². The van der Waals surface area contributed by atoms with Gasteiger partial charge in [-0.2, -0.15) is 0 Å². The van der Waals surface area contributed by atoms with Crippen LogP contribution in [0.1, 0.15) is 69.4 Å². The van der Waals surface area contributed by atoms with Crippen molar-refractivity contribution in [1.82, 2.24) is 58.1 Å². The van der Waals surface area contributed by atoms with Crippen LogP contribution in [0.15, 0.2) is 54.6 Å². The molecule has 14 amide bonds. The van der Waals surface area contributed by atoms with Crippen LogP contribution >= 0.6 is 21.6 Å². The van der Waals surface area contributed by atoms with Crippen molar-refractivity contribution in [3.63, 3.8) is 0 Å². The Morgan fingerprint density at radius 1 is 0.640 bits per heavy atom. The Labute approximate surface area is 518 Å². The molecule has 89 heavy (non-hydrogen) atoms. The van der Waals surface area contributed by atoms with Gasteiger partial charge in [-0.05, 0) is 68.3 Å². The first-order valence-corrected chi connectivity index (χ1v) is 30.4. The van der Waals surface area contributed by atoms with Crippen LogP contribution in [-0.4, -0.2) is 203 Å². The van der Waals surface area contributed by atoms with Crippen LogP contribution in [0.2, 0.25) is 0 Å². The number of phenolic OH excluding ortho intramolecular Hbond substituents is 1. The highest BCUT2D eigenvalue weighted by atomic mass is 33.1. The topological polar surface area (TPSA) is 550 Å². The first-order valence-electron chi connectivity index (χ1n) is 28.0. The Balaban J connectivity index is 0.00000501. The molecule has 0 saturated carbocycles. The molecule has 8 atom stereocenters. The predicted molar refractivity (Wildman–Crippen MR) is 321 cm³/mol. The number of benzene rings is 2. The molecule has 22 N–H and O–H groups in total. The van der Waals surface area contributed by atoms with E-state index < -0.39 is 188 Å². The van der Waals surface area contributed by atoms with Crippen LogP contribution in [0.5, 0.6) is 5.75 Å². The van der Waals surface area contributed by atoms with Gasteiger partial charge in [0.05, 0.1) is 32.6 Å². The molecule has 2 saturated heterocycles. The molecule has 0 aromatic heterocycles. The summed E-state index contributed by atoms with van der Waals surface area (Å²) < 4.78 is 0. The third-order valence-corrected chi connectivity index (χ3v) is 15.4. The van der Waals surface area contributed by atoms with Crippen LogP contribution in [0.3, 0.4) is 0 Å². The average Bonchev–Trinajstić information content (AvgIpc) is 4.20. The molecular formula is C54H78N16O17S2. The number of nitrogens with two attached hydrogens (primary N) is 5. The monoisotopic (exact) mass is 1290 g/mol. The highest BCUT2D eigenvalue weighted by Gasteiger charge is 2.41. The number of nitrogens with zero attached hydrogens (tertiary/aromatic N) is 1. The van der Waals surface area contributed by atoms with Gasteiger partial charge in [0, 0.05) is 44.2 Å². The Hall–Kier alpha value is -9.09. The molecule has 2 aromatic carbocycles. The largest absolute Gasteiger partial charge is 0.508 e. The van der Waals surface area contributed by atoms with E-state index in [1.54, 1.807) is 30.3 Å². The number of carbonyl (C=O) groups is 15. The zero-order valence-corrected chi connectivity index (χ0v) is 50.3. The smallest absolute Gasteiger partial charge is 0.300 e. The zero-order chi connectivity index (χ0) is 66.2. The number of carboxylic acid groups (broad SMARTS) is 1. The lowest BCUT2D eigenvalue weighted by Gasteiger charge is -2.31. The van der Waals surface area contributed by atoms with Crippen LogP contribution in [0.4, 0.5) is 0 Å². The number of likely N-dealkylation sites (tertiary alicyclic amines) is 1. The molecule has 0 bridgehead atoms. The number of amides is 14. The van der Waals surface area contributed by atoms with E-state index in [2.05, 4.69) is 53.2 Å². The van der Waals surface area contributed by atoms with E-state index in [-0.39, 0.29) is 56.7 Å². The maximum Gasteiger partial charge on any atom is 0.300 e. The van der Waals surface area contributed by atoms with E-state index in [0.717, 1.165) is 33.4 Å². The standard InChI is InChI=1S/C52H74N16O15S2.C2H4O2/c53-17-5-4-9-31(45(76)60-23-41(57)72)63-51(82)38-10-6-18-68(38)52(83)37-27-85-84-26-36(61-44(75)25-59-43(74)24-58-42(73)22-54)50(81)65-34(20-29-11-13-30(69)14-12-29)48(79)64-33(19-28-7-2-1-3-8-28)47(78)62-32(15-16-39(55)70)46(77)66-35(21-40(56)71)49(80)67-37;1-2(3)4/h1-3,7-8,11-14,31-38,69H,4-6,9-10,15-27,53-54H2,(H2,55,70)(H2,56,71)(H2,57,72)(H,58,73)(H,59,74)(H,60,76)(H,61,75)(H,62,78)(H,63,82)(H,64,79)(H,65,81)(H,66,77)(H,67,80);1H3,(H,3,4)/t31-,32-,33-,34-,35-,36-,37-,38-;/m0./s1. The molecule has 2 heterocycles. The number of aromatic hydroxyl groups is 1. The second-order valence-corrected chi connectivity index (χ2v) is 22.8. The summed E-state index contributed by atoms with van der Waals surface area (Å²) in [4.78, 5) is 199. The number of primary amides is 3. The minimum atomic E-state index is -1.87. The molecule has 0 radical (unpaired) electrons. The molecule has 488 valence electrons. The van der Waals surface area contributed by atoms with E-state index in [0.29, 0.717) is 24.0 Å². The molecular weight excluding hydrogens is 1210 g/mol. The fraction of sp³-hybridized carbons (Fsp3) is 0.500. The second-order valence-electron chi connectivity index (χ2n) is 20.2. The van der Waals surface area contributed by atoms with Gasteiger partial charge in [0.15, 0.2) is 0 Å². The highest BCUT2D eigenvalue weighted by molar-refractivity contribution is 8.76. The molecule has 2 aliphatic rings. The summed E-state index contributed by atoms with van der Waals surface area (Å²) in [6.45, 7) is -0.927. The number of aliphatic carboxylic acids is 1. The van der Waals surface area contributed by atoms with Gasteiger partial charge in [0.25, 0.3) is 5.97 Å². The number of rotatable bonds is 25. The van der Waals surface area contributed by atoms with Gasteiger partial charge < -0.3 is 96.9 Å². The molecule has 0 unspecified atom stereocenters. The van der Waals surface area contributed by atoms with Gasteiger partial charge >= 0.3 is 0 Å². The van der Waals surface area contributed by atoms with Gasteiger partial charge in [-0.15, -0.1) is 0 Å². The van der Waals surface area contributed by atoms with Crippen molar-refractivity contribution in [1.29, 1.82) is 0 Å². The second kappa shape index (κ2) is 38.9. The lowest BCUT2D eigenvalue weighted by molar-refractivity contribution is -0.142. The van der Waals surface area contributed by atoms with E-state index in [1.807, 2.05) is 0 Å². The van der Waals surface area contributed by atoms with Crippen LogP contribution in [0, 0.1) is 0 Å². The van der Waals surface area contributed by atoms with Crippen molar-refractivity contribution in [3.8, 4) is 5.75 Å². The van der Waals surface area contributed by atoms with Crippen LogP contribution in [0.25, 0.3) is 0 Å².